The molecule has 0 spiro atoms. The number of aliphatic carboxylic acids is 1. The Morgan fingerprint density at radius 2 is 2.13 bits per heavy atom. The summed E-state index contributed by atoms with van der Waals surface area (Å²) in [6.07, 6.45) is 7.73. The Morgan fingerprint density at radius 3 is 2.67 bits per heavy atom. The van der Waals surface area contributed by atoms with E-state index in [0.29, 0.717) is 12.8 Å². The average Bonchev–Trinajstić information content (AvgIpc) is 2.20. The van der Waals surface area contributed by atoms with Crippen LogP contribution < -0.4 is 5.32 Å². The van der Waals surface area contributed by atoms with Gasteiger partial charge < -0.3 is 10.4 Å². The normalized spacial score (nSPS) is 11.5. The van der Waals surface area contributed by atoms with Gasteiger partial charge in [0, 0.05) is 19.4 Å². The van der Waals surface area contributed by atoms with Crippen LogP contribution >= 0.6 is 0 Å². The SMILES string of the molecule is C#CCCCCC(=O)NCC(C)C(=O)O. The maximum Gasteiger partial charge on any atom is 0.308 e. The number of carboxylic acid groups (broad SMARTS) is 1. The van der Waals surface area contributed by atoms with Crippen LogP contribution in [0.3, 0.4) is 0 Å². The summed E-state index contributed by atoms with van der Waals surface area (Å²) in [6, 6.07) is 0. The fraction of sp³-hybridized carbons (Fsp3) is 0.636. The minimum Gasteiger partial charge on any atom is -0.481 e. The first kappa shape index (κ1) is 13.5. The summed E-state index contributed by atoms with van der Waals surface area (Å²) >= 11 is 0. The van der Waals surface area contributed by atoms with Crippen molar-refractivity contribution in [3.8, 4) is 12.3 Å². The van der Waals surface area contributed by atoms with Crippen molar-refractivity contribution < 1.29 is 14.7 Å². The van der Waals surface area contributed by atoms with Crippen molar-refractivity contribution in [1.82, 2.24) is 5.32 Å². The van der Waals surface area contributed by atoms with E-state index < -0.39 is 11.9 Å². The molecule has 1 atom stereocenters. The fourth-order valence-corrected chi connectivity index (χ4v) is 0.955. The van der Waals surface area contributed by atoms with E-state index in [-0.39, 0.29) is 12.5 Å². The molecule has 1 unspecified atom stereocenters. The van der Waals surface area contributed by atoms with Gasteiger partial charge in [-0.25, -0.2) is 0 Å². The van der Waals surface area contributed by atoms with Crippen molar-refractivity contribution in [2.24, 2.45) is 5.92 Å². The quantitative estimate of drug-likeness (QED) is 0.488. The van der Waals surface area contributed by atoms with Crippen LogP contribution in [0.5, 0.6) is 0 Å². The number of terminal acetylenes is 1. The van der Waals surface area contributed by atoms with Gasteiger partial charge in [-0.15, -0.1) is 12.3 Å². The molecule has 1 amide bonds. The molecule has 15 heavy (non-hydrogen) atoms. The lowest BCUT2D eigenvalue weighted by molar-refractivity contribution is -0.141. The van der Waals surface area contributed by atoms with E-state index in [2.05, 4.69) is 11.2 Å². The standard InChI is InChI=1S/C11H17NO3/c1-3-4-5-6-7-10(13)12-8-9(2)11(14)15/h1,9H,4-8H2,2H3,(H,12,13)(H,14,15). The van der Waals surface area contributed by atoms with Crippen LogP contribution in [-0.2, 0) is 9.59 Å². The van der Waals surface area contributed by atoms with Gasteiger partial charge in [0.05, 0.1) is 5.92 Å². The zero-order valence-corrected chi connectivity index (χ0v) is 8.95. The molecule has 2 N–H and O–H groups in total. The van der Waals surface area contributed by atoms with Crippen molar-refractivity contribution >= 4 is 11.9 Å². The van der Waals surface area contributed by atoms with Gasteiger partial charge in [-0.1, -0.05) is 6.92 Å². The third-order valence-corrected chi connectivity index (χ3v) is 2.00. The maximum absolute atomic E-state index is 11.2. The highest BCUT2D eigenvalue weighted by Gasteiger charge is 2.11. The molecule has 0 aliphatic rings. The number of hydrogen-bond acceptors (Lipinski definition) is 2. The highest BCUT2D eigenvalue weighted by Crippen LogP contribution is 1.99. The lowest BCUT2D eigenvalue weighted by Crippen LogP contribution is -2.31. The number of hydrogen-bond donors (Lipinski definition) is 2. The number of carboxylic acids is 1. The van der Waals surface area contributed by atoms with E-state index in [1.165, 1.54) is 0 Å². The summed E-state index contributed by atoms with van der Waals surface area (Å²) in [7, 11) is 0. The molecular formula is C11H17NO3. The summed E-state index contributed by atoms with van der Waals surface area (Å²) in [6.45, 7) is 1.74. The van der Waals surface area contributed by atoms with E-state index in [1.807, 2.05) is 0 Å². The van der Waals surface area contributed by atoms with Gasteiger partial charge in [-0.3, -0.25) is 9.59 Å². The number of unbranched alkanes of at least 4 members (excludes halogenated alkanes) is 2. The summed E-state index contributed by atoms with van der Waals surface area (Å²) in [5.74, 6) is 0.944. The Kier molecular flexibility index (Phi) is 7.08. The van der Waals surface area contributed by atoms with Gasteiger partial charge in [0.1, 0.15) is 0 Å². The molecule has 0 aromatic rings. The topological polar surface area (TPSA) is 66.4 Å². The predicted molar refractivity (Wildman–Crippen MR) is 57.1 cm³/mol. The van der Waals surface area contributed by atoms with E-state index >= 15 is 0 Å². The van der Waals surface area contributed by atoms with Gasteiger partial charge in [0.2, 0.25) is 5.91 Å². The molecule has 0 heterocycles. The van der Waals surface area contributed by atoms with Gasteiger partial charge in [0.25, 0.3) is 0 Å². The van der Waals surface area contributed by atoms with E-state index in [0.717, 1.165) is 12.8 Å². The van der Waals surface area contributed by atoms with Gasteiger partial charge in [-0.2, -0.15) is 0 Å². The number of rotatable bonds is 7. The van der Waals surface area contributed by atoms with Crippen molar-refractivity contribution in [1.29, 1.82) is 0 Å². The van der Waals surface area contributed by atoms with Crippen molar-refractivity contribution in [3.05, 3.63) is 0 Å². The Hall–Kier alpha value is -1.50. The van der Waals surface area contributed by atoms with Gasteiger partial charge >= 0.3 is 5.97 Å². The zero-order chi connectivity index (χ0) is 11.7. The van der Waals surface area contributed by atoms with Gasteiger partial charge in [-0.05, 0) is 12.8 Å². The first-order chi connectivity index (χ1) is 7.07. The minimum atomic E-state index is -0.900. The molecule has 0 bridgehead atoms. The van der Waals surface area contributed by atoms with Crippen molar-refractivity contribution in [2.75, 3.05) is 6.54 Å². The average molecular weight is 211 g/mol. The molecule has 0 saturated heterocycles. The lowest BCUT2D eigenvalue weighted by atomic mass is 10.1. The van der Waals surface area contributed by atoms with Crippen LogP contribution in [0.15, 0.2) is 0 Å². The largest absolute Gasteiger partial charge is 0.481 e. The highest BCUT2D eigenvalue weighted by molar-refractivity contribution is 5.77. The Bertz CT molecular complexity index is 255. The minimum absolute atomic E-state index is 0.111. The molecule has 4 nitrogen and oxygen atoms in total. The Balaban J connectivity index is 3.50. The summed E-state index contributed by atoms with van der Waals surface area (Å²) in [5.41, 5.74) is 0. The summed E-state index contributed by atoms with van der Waals surface area (Å²) in [5, 5.41) is 11.1. The van der Waals surface area contributed by atoms with Crippen molar-refractivity contribution in [3.63, 3.8) is 0 Å². The molecule has 0 radical (unpaired) electrons. The molecule has 0 aliphatic heterocycles. The number of carbonyl (C=O) groups is 2. The van der Waals surface area contributed by atoms with E-state index in [4.69, 9.17) is 11.5 Å². The molecular weight excluding hydrogens is 194 g/mol. The van der Waals surface area contributed by atoms with Crippen molar-refractivity contribution in [2.45, 2.75) is 32.6 Å². The second kappa shape index (κ2) is 7.86. The third-order valence-electron chi connectivity index (χ3n) is 2.00. The van der Waals surface area contributed by atoms with Gasteiger partial charge in [0.15, 0.2) is 0 Å². The second-order valence-electron chi connectivity index (χ2n) is 3.45. The monoisotopic (exact) mass is 211 g/mol. The van der Waals surface area contributed by atoms with Crippen LogP contribution in [0.4, 0.5) is 0 Å². The molecule has 0 aromatic carbocycles. The number of carbonyl (C=O) groups excluding carboxylic acids is 1. The fourth-order valence-electron chi connectivity index (χ4n) is 0.955. The molecule has 4 heteroatoms. The molecule has 0 rings (SSSR count). The summed E-state index contributed by atoms with van der Waals surface area (Å²) in [4.78, 5) is 21.6. The second-order valence-corrected chi connectivity index (χ2v) is 3.45. The molecule has 84 valence electrons. The first-order valence-electron chi connectivity index (χ1n) is 5.01. The molecule has 0 fully saturated rings. The molecule has 0 aliphatic carbocycles. The molecule has 0 saturated carbocycles. The molecule has 0 aromatic heterocycles. The zero-order valence-electron chi connectivity index (χ0n) is 8.95. The maximum atomic E-state index is 11.2. The lowest BCUT2D eigenvalue weighted by Gasteiger charge is -2.07. The van der Waals surface area contributed by atoms with E-state index in [1.54, 1.807) is 6.92 Å². The van der Waals surface area contributed by atoms with Crippen LogP contribution in [-0.4, -0.2) is 23.5 Å². The number of nitrogens with one attached hydrogen (secondary N) is 1. The summed E-state index contributed by atoms with van der Waals surface area (Å²) < 4.78 is 0. The van der Waals surface area contributed by atoms with E-state index in [9.17, 15) is 9.59 Å². The van der Waals surface area contributed by atoms with Crippen LogP contribution in [0.1, 0.15) is 32.6 Å². The predicted octanol–water partition coefficient (Wildman–Crippen LogP) is 1.02. The van der Waals surface area contributed by atoms with Crippen LogP contribution in [0, 0.1) is 18.3 Å². The third kappa shape index (κ3) is 7.56. The Labute approximate surface area is 90.1 Å². The highest BCUT2D eigenvalue weighted by atomic mass is 16.4. The van der Waals surface area contributed by atoms with Crippen LogP contribution in [0.2, 0.25) is 0 Å². The first-order valence-corrected chi connectivity index (χ1v) is 5.01. The Morgan fingerprint density at radius 1 is 1.47 bits per heavy atom. The number of amides is 1. The van der Waals surface area contributed by atoms with Crippen LogP contribution in [0.25, 0.3) is 0 Å². The smallest absolute Gasteiger partial charge is 0.308 e.